The van der Waals surface area contributed by atoms with E-state index in [1.807, 2.05) is 0 Å². The smallest absolute Gasteiger partial charge is 0.0110 e. The van der Waals surface area contributed by atoms with Crippen LogP contribution >= 0.6 is 0 Å². The monoisotopic (exact) mass is 151 g/mol. The Labute approximate surface area is 68.6 Å². The summed E-state index contributed by atoms with van der Waals surface area (Å²) >= 11 is 0. The summed E-state index contributed by atoms with van der Waals surface area (Å²) in [5.41, 5.74) is 0. The topological polar surface area (TPSA) is 12.0 Å². The quantitative estimate of drug-likeness (QED) is 0.602. The van der Waals surface area contributed by atoms with Crippen LogP contribution in [-0.2, 0) is 0 Å². The van der Waals surface area contributed by atoms with Gasteiger partial charge in [-0.2, -0.15) is 0 Å². The third-order valence-electron chi connectivity index (χ3n) is 4.17. The second-order valence-corrected chi connectivity index (χ2v) is 4.69. The molecule has 1 heterocycles. The van der Waals surface area contributed by atoms with Gasteiger partial charge in [0.05, 0.1) is 0 Å². The van der Waals surface area contributed by atoms with E-state index in [-0.39, 0.29) is 0 Å². The first-order valence-corrected chi connectivity index (χ1v) is 5.17. The van der Waals surface area contributed by atoms with E-state index in [4.69, 9.17) is 0 Å². The van der Waals surface area contributed by atoms with Gasteiger partial charge in [-0.15, -0.1) is 0 Å². The third-order valence-corrected chi connectivity index (χ3v) is 4.17. The predicted molar refractivity (Wildman–Crippen MR) is 45.3 cm³/mol. The zero-order chi connectivity index (χ0) is 7.26. The molecule has 1 aliphatic heterocycles. The van der Waals surface area contributed by atoms with Gasteiger partial charge in [0.1, 0.15) is 0 Å². The summed E-state index contributed by atoms with van der Waals surface area (Å²) in [4.78, 5) is 0. The van der Waals surface area contributed by atoms with Gasteiger partial charge in [0.15, 0.2) is 0 Å². The van der Waals surface area contributed by atoms with E-state index >= 15 is 0 Å². The molecule has 1 nitrogen and oxygen atoms in total. The SMILES string of the molecule is C1CC(C2CC3CCC2C3)N1. The van der Waals surface area contributed by atoms with Gasteiger partial charge in [-0.25, -0.2) is 0 Å². The molecule has 1 heteroatoms. The van der Waals surface area contributed by atoms with Gasteiger partial charge in [-0.1, -0.05) is 6.42 Å². The highest BCUT2D eigenvalue weighted by Crippen LogP contribution is 2.50. The molecular weight excluding hydrogens is 134 g/mol. The number of hydrogen-bond donors (Lipinski definition) is 1. The molecule has 0 aromatic carbocycles. The highest BCUT2D eigenvalue weighted by Gasteiger charge is 2.44. The van der Waals surface area contributed by atoms with Crippen LogP contribution in [0.2, 0.25) is 0 Å². The van der Waals surface area contributed by atoms with Gasteiger partial charge >= 0.3 is 0 Å². The molecule has 0 aromatic rings. The van der Waals surface area contributed by atoms with Crippen molar-refractivity contribution in [3.63, 3.8) is 0 Å². The lowest BCUT2D eigenvalue weighted by Crippen LogP contribution is -2.49. The number of rotatable bonds is 1. The van der Waals surface area contributed by atoms with Crippen molar-refractivity contribution >= 4 is 0 Å². The third kappa shape index (κ3) is 0.868. The lowest BCUT2D eigenvalue weighted by molar-refractivity contribution is 0.191. The zero-order valence-electron chi connectivity index (χ0n) is 7.05. The van der Waals surface area contributed by atoms with Crippen molar-refractivity contribution in [2.45, 2.75) is 38.1 Å². The van der Waals surface area contributed by atoms with E-state index in [1.54, 1.807) is 25.7 Å². The molecule has 4 atom stereocenters. The summed E-state index contributed by atoms with van der Waals surface area (Å²) in [6, 6.07) is 0.935. The van der Waals surface area contributed by atoms with Crippen molar-refractivity contribution in [1.29, 1.82) is 0 Å². The predicted octanol–water partition coefficient (Wildman–Crippen LogP) is 1.78. The molecule has 0 radical (unpaired) electrons. The Bertz CT molecular complexity index is 162. The average molecular weight is 151 g/mol. The lowest BCUT2D eigenvalue weighted by Gasteiger charge is -2.37. The van der Waals surface area contributed by atoms with E-state index < -0.39 is 0 Å². The normalized spacial score (nSPS) is 54.5. The maximum atomic E-state index is 3.57. The van der Waals surface area contributed by atoms with Crippen LogP contribution in [0.25, 0.3) is 0 Å². The van der Waals surface area contributed by atoms with Gasteiger partial charge < -0.3 is 5.32 Å². The molecule has 1 N–H and O–H groups in total. The first-order chi connectivity index (χ1) is 5.43. The molecule has 4 unspecified atom stereocenters. The lowest BCUT2D eigenvalue weighted by atomic mass is 9.79. The largest absolute Gasteiger partial charge is 0.314 e. The highest BCUT2D eigenvalue weighted by atomic mass is 15.0. The fraction of sp³-hybridized carbons (Fsp3) is 1.00. The first-order valence-electron chi connectivity index (χ1n) is 5.17. The second-order valence-electron chi connectivity index (χ2n) is 4.69. The van der Waals surface area contributed by atoms with Crippen LogP contribution in [0.1, 0.15) is 32.1 Å². The minimum atomic E-state index is 0.935. The van der Waals surface area contributed by atoms with Crippen LogP contribution in [0, 0.1) is 17.8 Å². The molecule has 3 aliphatic rings. The minimum absolute atomic E-state index is 0.935. The molecule has 0 spiro atoms. The second kappa shape index (κ2) is 2.22. The van der Waals surface area contributed by atoms with E-state index in [0.29, 0.717) is 0 Å². The van der Waals surface area contributed by atoms with E-state index in [2.05, 4.69) is 5.32 Å². The van der Waals surface area contributed by atoms with Crippen molar-refractivity contribution in [3.8, 4) is 0 Å². The fourth-order valence-corrected chi connectivity index (χ4v) is 3.46. The molecule has 62 valence electrons. The Hall–Kier alpha value is -0.0400. The minimum Gasteiger partial charge on any atom is -0.314 e. The van der Waals surface area contributed by atoms with Crippen LogP contribution < -0.4 is 5.32 Å². The first kappa shape index (κ1) is 6.47. The summed E-state index contributed by atoms with van der Waals surface area (Å²) in [5.74, 6) is 3.34. The Morgan fingerprint density at radius 1 is 1.00 bits per heavy atom. The Balaban J connectivity index is 1.70. The Morgan fingerprint density at radius 2 is 1.91 bits per heavy atom. The molecule has 0 aromatic heterocycles. The van der Waals surface area contributed by atoms with Crippen LogP contribution in [0.4, 0.5) is 0 Å². The van der Waals surface area contributed by atoms with E-state index in [9.17, 15) is 0 Å². The summed E-state index contributed by atoms with van der Waals surface area (Å²) in [6.45, 7) is 1.29. The standard InChI is InChI=1S/C10H17N/c1-2-8-5-7(1)6-9(8)10-3-4-11-10/h7-11H,1-6H2. The van der Waals surface area contributed by atoms with Crippen molar-refractivity contribution in [1.82, 2.24) is 5.32 Å². The van der Waals surface area contributed by atoms with Crippen molar-refractivity contribution in [3.05, 3.63) is 0 Å². The van der Waals surface area contributed by atoms with Gasteiger partial charge in [0, 0.05) is 6.04 Å². The zero-order valence-corrected chi connectivity index (χ0v) is 7.05. The van der Waals surface area contributed by atoms with Crippen LogP contribution in [0.3, 0.4) is 0 Å². The number of nitrogens with one attached hydrogen (secondary N) is 1. The molecule has 3 rings (SSSR count). The fourth-order valence-electron chi connectivity index (χ4n) is 3.46. The Morgan fingerprint density at radius 3 is 2.36 bits per heavy atom. The Kier molecular flexibility index (Phi) is 1.31. The molecule has 11 heavy (non-hydrogen) atoms. The molecule has 2 bridgehead atoms. The molecule has 1 saturated heterocycles. The maximum Gasteiger partial charge on any atom is 0.0110 e. The van der Waals surface area contributed by atoms with Crippen molar-refractivity contribution in [2.75, 3.05) is 6.54 Å². The van der Waals surface area contributed by atoms with Gasteiger partial charge in [0.25, 0.3) is 0 Å². The highest BCUT2D eigenvalue weighted by molar-refractivity contribution is 4.97. The van der Waals surface area contributed by atoms with Crippen molar-refractivity contribution in [2.24, 2.45) is 17.8 Å². The van der Waals surface area contributed by atoms with Crippen molar-refractivity contribution < 1.29 is 0 Å². The molecule has 0 amide bonds. The number of hydrogen-bond acceptors (Lipinski definition) is 1. The van der Waals surface area contributed by atoms with Gasteiger partial charge in [-0.3, -0.25) is 0 Å². The molecular formula is C10H17N. The summed E-state index contributed by atoms with van der Waals surface area (Å²) in [7, 11) is 0. The van der Waals surface area contributed by atoms with Gasteiger partial charge in [0.2, 0.25) is 0 Å². The molecule has 2 aliphatic carbocycles. The average Bonchev–Trinajstić information content (AvgIpc) is 2.42. The van der Waals surface area contributed by atoms with Crippen LogP contribution in [0.5, 0.6) is 0 Å². The number of fused-ring (bicyclic) bond motifs is 2. The van der Waals surface area contributed by atoms with E-state index in [0.717, 1.165) is 23.8 Å². The summed E-state index contributed by atoms with van der Waals surface area (Å²) in [5, 5.41) is 3.57. The maximum absolute atomic E-state index is 3.57. The van der Waals surface area contributed by atoms with Crippen LogP contribution in [0.15, 0.2) is 0 Å². The molecule has 2 saturated carbocycles. The summed E-state index contributed by atoms with van der Waals surface area (Å²) < 4.78 is 0. The van der Waals surface area contributed by atoms with E-state index in [1.165, 1.54) is 13.0 Å². The summed E-state index contributed by atoms with van der Waals surface area (Å²) in [6.07, 6.45) is 7.69. The van der Waals surface area contributed by atoms with Crippen LogP contribution in [-0.4, -0.2) is 12.6 Å². The molecule has 3 fully saturated rings. The van der Waals surface area contributed by atoms with Gasteiger partial charge in [-0.05, 0) is 50.0 Å².